The van der Waals surface area contributed by atoms with Crippen molar-refractivity contribution in [2.24, 2.45) is 0 Å². The summed E-state index contributed by atoms with van der Waals surface area (Å²) in [4.78, 5) is 2.13. The van der Waals surface area contributed by atoms with Crippen molar-refractivity contribution < 1.29 is 4.74 Å². The van der Waals surface area contributed by atoms with Crippen molar-refractivity contribution in [3.05, 3.63) is 58.1 Å². The SMILES string of the molecule is Clc1cc(Cl)c2c(c1)CN(c1ccccc1)CO2. The molecule has 4 heteroatoms. The van der Waals surface area contributed by atoms with Gasteiger partial charge in [0.2, 0.25) is 0 Å². The number of halogens is 2. The predicted molar refractivity (Wildman–Crippen MR) is 74.6 cm³/mol. The van der Waals surface area contributed by atoms with Crippen LogP contribution in [0.25, 0.3) is 0 Å². The molecule has 0 atom stereocenters. The van der Waals surface area contributed by atoms with Gasteiger partial charge in [0, 0.05) is 22.8 Å². The van der Waals surface area contributed by atoms with E-state index in [1.54, 1.807) is 6.07 Å². The Hall–Kier alpha value is -1.38. The molecule has 0 radical (unpaired) electrons. The van der Waals surface area contributed by atoms with E-state index in [4.69, 9.17) is 27.9 Å². The van der Waals surface area contributed by atoms with Crippen molar-refractivity contribution in [3.63, 3.8) is 0 Å². The maximum Gasteiger partial charge on any atom is 0.161 e. The van der Waals surface area contributed by atoms with Crippen molar-refractivity contribution in [2.75, 3.05) is 11.6 Å². The molecule has 1 heterocycles. The van der Waals surface area contributed by atoms with Crippen molar-refractivity contribution in [2.45, 2.75) is 6.54 Å². The zero-order valence-electron chi connectivity index (χ0n) is 9.57. The number of nitrogens with zero attached hydrogens (tertiary/aromatic N) is 1. The normalized spacial score (nSPS) is 14.0. The van der Waals surface area contributed by atoms with Crippen LogP contribution in [-0.2, 0) is 6.54 Å². The van der Waals surface area contributed by atoms with Gasteiger partial charge in [0.05, 0.1) is 5.02 Å². The van der Waals surface area contributed by atoms with Gasteiger partial charge in [-0.25, -0.2) is 0 Å². The molecule has 0 saturated heterocycles. The van der Waals surface area contributed by atoms with Crippen LogP contribution in [0.4, 0.5) is 5.69 Å². The number of hydrogen-bond acceptors (Lipinski definition) is 2. The number of hydrogen-bond donors (Lipinski definition) is 0. The highest BCUT2D eigenvalue weighted by Gasteiger charge is 2.20. The Bertz CT molecular complexity index is 572. The van der Waals surface area contributed by atoms with Crippen LogP contribution in [0.15, 0.2) is 42.5 Å². The molecule has 0 saturated carbocycles. The highest BCUT2D eigenvalue weighted by atomic mass is 35.5. The Labute approximate surface area is 116 Å². The van der Waals surface area contributed by atoms with Crippen LogP contribution < -0.4 is 9.64 Å². The summed E-state index contributed by atoms with van der Waals surface area (Å²) in [6, 6.07) is 13.7. The van der Waals surface area contributed by atoms with E-state index in [1.807, 2.05) is 24.3 Å². The number of fused-ring (bicyclic) bond motifs is 1. The van der Waals surface area contributed by atoms with Crippen LogP contribution >= 0.6 is 23.2 Å². The smallest absolute Gasteiger partial charge is 0.161 e. The fraction of sp³-hybridized carbons (Fsp3) is 0.143. The first-order chi connectivity index (χ1) is 8.74. The fourth-order valence-electron chi connectivity index (χ4n) is 2.09. The third-order valence-electron chi connectivity index (χ3n) is 2.93. The van der Waals surface area contributed by atoms with E-state index in [0.29, 0.717) is 16.8 Å². The number of para-hydroxylation sites is 1. The molecule has 2 aromatic rings. The minimum Gasteiger partial charge on any atom is -0.471 e. The monoisotopic (exact) mass is 279 g/mol. The second-order valence-electron chi connectivity index (χ2n) is 4.18. The molecule has 0 bridgehead atoms. The van der Waals surface area contributed by atoms with Crippen molar-refractivity contribution in [3.8, 4) is 5.75 Å². The molecule has 0 aromatic heterocycles. The summed E-state index contributed by atoms with van der Waals surface area (Å²) >= 11 is 12.1. The predicted octanol–water partition coefficient (Wildman–Crippen LogP) is 4.35. The zero-order valence-corrected chi connectivity index (χ0v) is 11.1. The van der Waals surface area contributed by atoms with Gasteiger partial charge < -0.3 is 9.64 Å². The van der Waals surface area contributed by atoms with Crippen LogP contribution in [0.2, 0.25) is 10.0 Å². The van der Waals surface area contributed by atoms with E-state index >= 15 is 0 Å². The fourth-order valence-corrected chi connectivity index (χ4v) is 2.68. The molecule has 92 valence electrons. The zero-order chi connectivity index (χ0) is 12.5. The lowest BCUT2D eigenvalue weighted by molar-refractivity contribution is 0.289. The van der Waals surface area contributed by atoms with Gasteiger partial charge in [-0.15, -0.1) is 0 Å². The number of rotatable bonds is 1. The average molecular weight is 280 g/mol. The van der Waals surface area contributed by atoms with Gasteiger partial charge in [-0.1, -0.05) is 41.4 Å². The summed E-state index contributed by atoms with van der Waals surface area (Å²) in [7, 11) is 0. The second kappa shape index (κ2) is 4.71. The summed E-state index contributed by atoms with van der Waals surface area (Å²) in [5, 5.41) is 1.21. The molecule has 2 nitrogen and oxygen atoms in total. The van der Waals surface area contributed by atoms with E-state index in [2.05, 4.69) is 17.0 Å². The standard InChI is InChI=1S/C14H11Cl2NO/c15-11-6-10-8-17(12-4-2-1-3-5-12)9-18-14(10)13(16)7-11/h1-7H,8-9H2. The lowest BCUT2D eigenvalue weighted by Gasteiger charge is -2.31. The first kappa shape index (κ1) is 11.7. The Morgan fingerprint density at radius 1 is 1.06 bits per heavy atom. The van der Waals surface area contributed by atoms with Crippen LogP contribution in [-0.4, -0.2) is 6.73 Å². The maximum atomic E-state index is 6.11. The molecule has 0 fully saturated rings. The van der Waals surface area contributed by atoms with Crippen molar-refractivity contribution >= 4 is 28.9 Å². The average Bonchev–Trinajstić information content (AvgIpc) is 2.39. The van der Waals surface area contributed by atoms with E-state index in [-0.39, 0.29) is 0 Å². The van der Waals surface area contributed by atoms with E-state index in [9.17, 15) is 0 Å². The minimum atomic E-state index is 0.498. The van der Waals surface area contributed by atoms with Gasteiger partial charge in [0.15, 0.2) is 6.73 Å². The van der Waals surface area contributed by atoms with Crippen molar-refractivity contribution in [1.29, 1.82) is 0 Å². The highest BCUT2D eigenvalue weighted by molar-refractivity contribution is 6.35. The Kier molecular flexibility index (Phi) is 3.06. The molecule has 2 aromatic carbocycles. The molecule has 1 aliphatic rings. The lowest BCUT2D eigenvalue weighted by atomic mass is 10.1. The van der Waals surface area contributed by atoms with Crippen LogP contribution in [0.3, 0.4) is 0 Å². The number of anilines is 1. The molecule has 0 amide bonds. The molecule has 0 spiro atoms. The lowest BCUT2D eigenvalue weighted by Crippen LogP contribution is -2.31. The Balaban J connectivity index is 1.94. The Morgan fingerprint density at radius 2 is 1.83 bits per heavy atom. The summed E-state index contributed by atoms with van der Waals surface area (Å²) in [6.07, 6.45) is 0. The van der Waals surface area contributed by atoms with Crippen LogP contribution in [0.5, 0.6) is 5.75 Å². The molecular formula is C14H11Cl2NO. The van der Waals surface area contributed by atoms with Gasteiger partial charge in [0.25, 0.3) is 0 Å². The number of benzene rings is 2. The molecule has 3 rings (SSSR count). The first-order valence-corrected chi connectivity index (χ1v) is 6.40. The Morgan fingerprint density at radius 3 is 2.61 bits per heavy atom. The first-order valence-electron chi connectivity index (χ1n) is 5.65. The molecule has 0 N–H and O–H groups in total. The molecule has 1 aliphatic heterocycles. The molecule has 0 unspecified atom stereocenters. The summed E-state index contributed by atoms with van der Waals surface area (Å²) < 4.78 is 5.71. The van der Waals surface area contributed by atoms with Gasteiger partial charge in [-0.3, -0.25) is 0 Å². The second-order valence-corrected chi connectivity index (χ2v) is 5.03. The van der Waals surface area contributed by atoms with E-state index in [1.165, 1.54) is 0 Å². The van der Waals surface area contributed by atoms with Crippen molar-refractivity contribution in [1.82, 2.24) is 0 Å². The topological polar surface area (TPSA) is 12.5 Å². The van der Waals surface area contributed by atoms with Gasteiger partial charge in [0.1, 0.15) is 5.75 Å². The maximum absolute atomic E-state index is 6.11. The molecule has 18 heavy (non-hydrogen) atoms. The minimum absolute atomic E-state index is 0.498. The van der Waals surface area contributed by atoms with Crippen LogP contribution in [0.1, 0.15) is 5.56 Å². The highest BCUT2D eigenvalue weighted by Crippen LogP contribution is 2.36. The van der Waals surface area contributed by atoms with Gasteiger partial charge in [-0.05, 0) is 24.3 Å². The molecular weight excluding hydrogens is 269 g/mol. The van der Waals surface area contributed by atoms with Gasteiger partial charge >= 0.3 is 0 Å². The third kappa shape index (κ3) is 2.14. The third-order valence-corrected chi connectivity index (χ3v) is 3.43. The largest absolute Gasteiger partial charge is 0.471 e. The van der Waals surface area contributed by atoms with E-state index < -0.39 is 0 Å². The van der Waals surface area contributed by atoms with E-state index in [0.717, 1.165) is 23.5 Å². The summed E-state index contributed by atoms with van der Waals surface area (Å²) in [5.74, 6) is 0.744. The number of ether oxygens (including phenoxy) is 1. The summed E-state index contributed by atoms with van der Waals surface area (Å²) in [6.45, 7) is 1.25. The van der Waals surface area contributed by atoms with Gasteiger partial charge in [-0.2, -0.15) is 0 Å². The quantitative estimate of drug-likeness (QED) is 0.770. The van der Waals surface area contributed by atoms with Crippen LogP contribution in [0, 0.1) is 0 Å². The molecule has 0 aliphatic carbocycles. The summed E-state index contributed by atoms with van der Waals surface area (Å²) in [5.41, 5.74) is 2.14.